The van der Waals surface area contributed by atoms with Crippen molar-refractivity contribution in [1.29, 1.82) is 0 Å². The molecule has 1 aliphatic rings. The predicted octanol–water partition coefficient (Wildman–Crippen LogP) is 2.08. The lowest BCUT2D eigenvalue weighted by Crippen LogP contribution is -2.39. The summed E-state index contributed by atoms with van der Waals surface area (Å²) in [5.41, 5.74) is 0. The molecule has 1 fully saturated rings. The maximum atomic E-state index is 12.5. The Morgan fingerprint density at radius 2 is 1.81 bits per heavy atom. The zero-order valence-electron chi connectivity index (χ0n) is 12.4. The maximum absolute atomic E-state index is 12.5. The molecular formula is C15H21NO4S. The third-order valence-corrected chi connectivity index (χ3v) is 5.71. The molecule has 1 heterocycles. The second-order valence-electron chi connectivity index (χ2n) is 5.19. The first-order valence-electron chi connectivity index (χ1n) is 7.18. The Labute approximate surface area is 126 Å². The van der Waals surface area contributed by atoms with E-state index in [4.69, 9.17) is 4.74 Å². The highest BCUT2D eigenvalue weighted by Crippen LogP contribution is 2.25. The fourth-order valence-corrected chi connectivity index (χ4v) is 4.00. The number of ether oxygens (including phenoxy) is 1. The summed E-state index contributed by atoms with van der Waals surface area (Å²) in [6.45, 7) is 4.80. The lowest BCUT2D eigenvalue weighted by Gasteiger charge is -2.30. The van der Waals surface area contributed by atoms with Gasteiger partial charge in [0.05, 0.1) is 11.5 Å². The van der Waals surface area contributed by atoms with Gasteiger partial charge >= 0.3 is 0 Å². The van der Waals surface area contributed by atoms with Gasteiger partial charge < -0.3 is 4.74 Å². The van der Waals surface area contributed by atoms with E-state index >= 15 is 0 Å². The van der Waals surface area contributed by atoms with Crippen LogP contribution in [0.4, 0.5) is 0 Å². The average molecular weight is 311 g/mol. The Bertz CT molecular complexity index is 587. The van der Waals surface area contributed by atoms with Crippen LogP contribution in [0.15, 0.2) is 29.2 Å². The second kappa shape index (κ2) is 6.58. The van der Waals surface area contributed by atoms with Gasteiger partial charge in [0.15, 0.2) is 0 Å². The molecule has 116 valence electrons. The molecule has 5 nitrogen and oxygen atoms in total. The highest BCUT2D eigenvalue weighted by Gasteiger charge is 2.30. The van der Waals surface area contributed by atoms with Gasteiger partial charge in [-0.2, -0.15) is 4.31 Å². The molecule has 2 rings (SSSR count). The second-order valence-corrected chi connectivity index (χ2v) is 7.13. The Hall–Kier alpha value is -1.40. The number of hydrogen-bond donors (Lipinski definition) is 0. The number of ketones is 1. The number of nitrogens with zero attached hydrogens (tertiary/aromatic N) is 1. The number of carbonyl (C=O) groups is 1. The molecule has 0 aliphatic carbocycles. The number of piperidine rings is 1. The van der Waals surface area contributed by atoms with Crippen molar-refractivity contribution in [2.45, 2.75) is 31.6 Å². The van der Waals surface area contributed by atoms with Crippen molar-refractivity contribution in [2.75, 3.05) is 19.7 Å². The molecule has 0 spiro atoms. The summed E-state index contributed by atoms with van der Waals surface area (Å²) >= 11 is 0. The molecule has 0 radical (unpaired) electrons. The van der Waals surface area contributed by atoms with Crippen molar-refractivity contribution < 1.29 is 17.9 Å². The van der Waals surface area contributed by atoms with Crippen molar-refractivity contribution in [3.8, 4) is 5.75 Å². The van der Waals surface area contributed by atoms with Crippen LogP contribution in [-0.4, -0.2) is 38.2 Å². The summed E-state index contributed by atoms with van der Waals surface area (Å²) in [4.78, 5) is 11.6. The van der Waals surface area contributed by atoms with Crippen molar-refractivity contribution in [3.63, 3.8) is 0 Å². The van der Waals surface area contributed by atoms with E-state index in [2.05, 4.69) is 0 Å². The predicted molar refractivity (Wildman–Crippen MR) is 79.8 cm³/mol. The molecule has 1 saturated heterocycles. The van der Waals surface area contributed by atoms with Crippen LogP contribution in [0.25, 0.3) is 0 Å². The first-order chi connectivity index (χ1) is 9.95. The molecule has 0 N–H and O–H groups in total. The number of carbonyl (C=O) groups excluding carboxylic acids is 1. The van der Waals surface area contributed by atoms with Gasteiger partial charge in [-0.25, -0.2) is 8.42 Å². The van der Waals surface area contributed by atoms with Gasteiger partial charge in [-0.05, 0) is 51.0 Å². The minimum Gasteiger partial charge on any atom is -0.494 e. The van der Waals surface area contributed by atoms with Gasteiger partial charge in [0.1, 0.15) is 11.5 Å². The van der Waals surface area contributed by atoms with E-state index in [9.17, 15) is 13.2 Å². The molecular weight excluding hydrogens is 290 g/mol. The fraction of sp³-hybridized carbons (Fsp3) is 0.533. The highest BCUT2D eigenvalue weighted by atomic mass is 32.2. The zero-order valence-corrected chi connectivity index (χ0v) is 13.2. The summed E-state index contributed by atoms with van der Waals surface area (Å²) < 4.78 is 31.8. The lowest BCUT2D eigenvalue weighted by atomic mass is 9.95. The topological polar surface area (TPSA) is 63.7 Å². The molecule has 21 heavy (non-hydrogen) atoms. The van der Waals surface area contributed by atoms with Crippen LogP contribution in [0.1, 0.15) is 26.7 Å². The first-order valence-corrected chi connectivity index (χ1v) is 8.62. The first kappa shape index (κ1) is 16.0. The van der Waals surface area contributed by atoms with Crippen LogP contribution in [0, 0.1) is 5.92 Å². The quantitative estimate of drug-likeness (QED) is 0.835. The van der Waals surface area contributed by atoms with Gasteiger partial charge in [0, 0.05) is 19.0 Å². The van der Waals surface area contributed by atoms with Crippen LogP contribution < -0.4 is 4.74 Å². The molecule has 0 atom stereocenters. The number of Topliss-reactive ketones (excluding diaryl/α,β-unsaturated/α-hetero) is 1. The van der Waals surface area contributed by atoms with E-state index in [-0.39, 0.29) is 16.6 Å². The summed E-state index contributed by atoms with van der Waals surface area (Å²) in [6, 6.07) is 6.46. The molecule has 0 amide bonds. The largest absolute Gasteiger partial charge is 0.494 e. The maximum Gasteiger partial charge on any atom is 0.243 e. The van der Waals surface area contributed by atoms with Crippen molar-refractivity contribution in [1.82, 2.24) is 4.31 Å². The number of benzene rings is 1. The number of rotatable bonds is 5. The standard InChI is InChI=1S/C15H21NO4S/c1-3-20-14-4-6-15(7-5-14)21(18,19)16-10-8-13(9-11-16)12(2)17/h4-7,13H,3,8-11H2,1-2H3. The molecule has 6 heteroatoms. The third-order valence-electron chi connectivity index (χ3n) is 3.80. The Morgan fingerprint density at radius 3 is 2.29 bits per heavy atom. The van der Waals surface area contributed by atoms with Gasteiger partial charge in [-0.15, -0.1) is 0 Å². The van der Waals surface area contributed by atoms with E-state index < -0.39 is 10.0 Å². The van der Waals surface area contributed by atoms with Gasteiger partial charge in [-0.3, -0.25) is 4.79 Å². The molecule has 0 aromatic heterocycles. The number of hydrogen-bond acceptors (Lipinski definition) is 4. The van der Waals surface area contributed by atoms with Gasteiger partial charge in [-0.1, -0.05) is 0 Å². The molecule has 0 unspecified atom stereocenters. The van der Waals surface area contributed by atoms with Gasteiger partial charge in [0.25, 0.3) is 0 Å². The Balaban J connectivity index is 2.10. The van der Waals surface area contributed by atoms with Crippen molar-refractivity contribution in [3.05, 3.63) is 24.3 Å². The average Bonchev–Trinajstić information content (AvgIpc) is 2.48. The summed E-state index contributed by atoms with van der Waals surface area (Å²) in [6.07, 6.45) is 1.21. The van der Waals surface area contributed by atoms with Crippen LogP contribution in [-0.2, 0) is 14.8 Å². The zero-order chi connectivity index (χ0) is 15.5. The monoisotopic (exact) mass is 311 g/mol. The van der Waals surface area contributed by atoms with E-state index in [0.29, 0.717) is 38.3 Å². The lowest BCUT2D eigenvalue weighted by molar-refractivity contribution is -0.121. The third kappa shape index (κ3) is 3.63. The summed E-state index contributed by atoms with van der Waals surface area (Å²) in [5.74, 6) is 0.802. The molecule has 0 bridgehead atoms. The fourth-order valence-electron chi connectivity index (χ4n) is 2.53. The van der Waals surface area contributed by atoms with Gasteiger partial charge in [0.2, 0.25) is 10.0 Å². The minimum absolute atomic E-state index is 0.00298. The molecule has 1 aliphatic heterocycles. The van der Waals surface area contributed by atoms with Crippen LogP contribution in [0.2, 0.25) is 0 Å². The summed E-state index contributed by atoms with van der Waals surface area (Å²) in [5, 5.41) is 0. The van der Waals surface area contributed by atoms with Crippen LogP contribution >= 0.6 is 0 Å². The van der Waals surface area contributed by atoms with Crippen LogP contribution in [0.5, 0.6) is 5.75 Å². The normalized spacial score (nSPS) is 17.6. The van der Waals surface area contributed by atoms with E-state index in [1.54, 1.807) is 31.2 Å². The minimum atomic E-state index is -3.48. The molecule has 1 aromatic carbocycles. The van der Waals surface area contributed by atoms with Crippen molar-refractivity contribution in [2.24, 2.45) is 5.92 Å². The number of sulfonamides is 1. The summed E-state index contributed by atoms with van der Waals surface area (Å²) in [7, 11) is -3.48. The molecule has 0 saturated carbocycles. The Morgan fingerprint density at radius 1 is 1.24 bits per heavy atom. The SMILES string of the molecule is CCOc1ccc(S(=O)(=O)N2CCC(C(C)=O)CC2)cc1. The highest BCUT2D eigenvalue weighted by molar-refractivity contribution is 7.89. The Kier molecular flexibility index (Phi) is 5.00. The molecule has 1 aromatic rings. The van der Waals surface area contributed by atoms with Crippen molar-refractivity contribution >= 4 is 15.8 Å². The van der Waals surface area contributed by atoms with Crippen LogP contribution in [0.3, 0.4) is 0 Å². The van der Waals surface area contributed by atoms with E-state index in [1.165, 1.54) is 4.31 Å². The van der Waals surface area contributed by atoms with E-state index in [0.717, 1.165) is 0 Å². The van der Waals surface area contributed by atoms with E-state index in [1.807, 2.05) is 6.92 Å². The smallest absolute Gasteiger partial charge is 0.243 e.